The minimum atomic E-state index is -0.518. The Morgan fingerprint density at radius 3 is 2.69 bits per heavy atom. The van der Waals surface area contributed by atoms with Gasteiger partial charge in [-0.3, -0.25) is 19.7 Å². The van der Waals surface area contributed by atoms with E-state index in [9.17, 15) is 19.7 Å². The van der Waals surface area contributed by atoms with Crippen LogP contribution in [0.25, 0.3) is 5.69 Å². The molecule has 1 saturated heterocycles. The SMILES string of the molecule is Cc1cc(=O)c(C(=O)N2CCCC2Cc2ccccc2Cl)nn1-c1ccccc1[N+](=O)[O-]. The lowest BCUT2D eigenvalue weighted by Gasteiger charge is -2.25. The average molecular weight is 453 g/mol. The Labute approximate surface area is 189 Å². The molecule has 164 valence electrons. The number of benzene rings is 2. The molecule has 0 spiro atoms. The van der Waals surface area contributed by atoms with Crippen LogP contribution in [0.4, 0.5) is 5.69 Å². The van der Waals surface area contributed by atoms with Crippen LogP contribution in [-0.4, -0.2) is 38.1 Å². The number of hydrogen-bond acceptors (Lipinski definition) is 5. The molecular weight excluding hydrogens is 432 g/mol. The van der Waals surface area contributed by atoms with Crippen molar-refractivity contribution >= 4 is 23.2 Å². The van der Waals surface area contributed by atoms with E-state index in [0.29, 0.717) is 23.7 Å². The zero-order valence-electron chi connectivity index (χ0n) is 17.4. The largest absolute Gasteiger partial charge is 0.334 e. The topological polar surface area (TPSA) is 98.3 Å². The van der Waals surface area contributed by atoms with E-state index in [2.05, 4.69) is 5.10 Å². The van der Waals surface area contributed by atoms with Crippen LogP contribution in [0.2, 0.25) is 5.02 Å². The summed E-state index contributed by atoms with van der Waals surface area (Å²) < 4.78 is 1.28. The van der Waals surface area contributed by atoms with E-state index in [0.717, 1.165) is 18.4 Å². The number of hydrogen-bond donors (Lipinski definition) is 0. The highest BCUT2D eigenvalue weighted by atomic mass is 35.5. The summed E-state index contributed by atoms with van der Waals surface area (Å²) in [4.78, 5) is 38.6. The molecule has 4 rings (SSSR count). The molecule has 3 aromatic rings. The number of nitro groups is 1. The predicted octanol–water partition coefficient (Wildman–Crippen LogP) is 3.95. The smallest absolute Gasteiger partial charge is 0.294 e. The van der Waals surface area contributed by atoms with Crippen LogP contribution in [0.15, 0.2) is 59.4 Å². The lowest BCUT2D eigenvalue weighted by molar-refractivity contribution is -0.384. The maximum absolute atomic E-state index is 13.4. The molecule has 1 fully saturated rings. The summed E-state index contributed by atoms with van der Waals surface area (Å²) in [5.41, 5.74) is 0.606. The number of aromatic nitrogens is 2. The van der Waals surface area contributed by atoms with Crippen LogP contribution in [0.5, 0.6) is 0 Å². The van der Waals surface area contributed by atoms with Crippen molar-refractivity contribution in [3.63, 3.8) is 0 Å². The highest BCUT2D eigenvalue weighted by molar-refractivity contribution is 6.31. The van der Waals surface area contributed by atoms with Crippen molar-refractivity contribution in [1.29, 1.82) is 0 Å². The molecule has 1 aromatic heterocycles. The molecule has 0 saturated carbocycles. The van der Waals surface area contributed by atoms with Gasteiger partial charge in [0.25, 0.3) is 11.6 Å². The number of carbonyl (C=O) groups is 1. The van der Waals surface area contributed by atoms with Gasteiger partial charge < -0.3 is 4.90 Å². The molecule has 1 atom stereocenters. The van der Waals surface area contributed by atoms with Crippen molar-refractivity contribution in [1.82, 2.24) is 14.7 Å². The predicted molar refractivity (Wildman–Crippen MR) is 120 cm³/mol. The van der Waals surface area contributed by atoms with Crippen LogP contribution in [-0.2, 0) is 6.42 Å². The Bertz CT molecular complexity index is 1260. The Balaban J connectivity index is 1.70. The Hall–Kier alpha value is -3.52. The normalized spacial score (nSPS) is 15.7. The number of nitro benzene ring substituents is 1. The second kappa shape index (κ2) is 8.92. The second-order valence-electron chi connectivity index (χ2n) is 7.75. The van der Waals surface area contributed by atoms with Crippen molar-refractivity contribution in [2.45, 2.75) is 32.2 Å². The molecule has 0 bridgehead atoms. The molecule has 1 amide bonds. The van der Waals surface area contributed by atoms with Crippen LogP contribution in [0.3, 0.4) is 0 Å². The van der Waals surface area contributed by atoms with Crippen LogP contribution >= 0.6 is 11.6 Å². The number of halogens is 1. The fourth-order valence-electron chi connectivity index (χ4n) is 4.11. The Morgan fingerprint density at radius 1 is 1.22 bits per heavy atom. The van der Waals surface area contributed by atoms with E-state index in [1.807, 2.05) is 24.3 Å². The fourth-order valence-corrected chi connectivity index (χ4v) is 4.32. The van der Waals surface area contributed by atoms with Gasteiger partial charge in [0.1, 0.15) is 5.69 Å². The van der Waals surface area contributed by atoms with E-state index < -0.39 is 16.3 Å². The fraction of sp³-hybridized carbons (Fsp3) is 0.261. The number of rotatable bonds is 5. The minimum absolute atomic E-state index is 0.107. The first kappa shape index (κ1) is 21.7. The zero-order chi connectivity index (χ0) is 22.8. The molecule has 1 unspecified atom stereocenters. The lowest BCUT2D eigenvalue weighted by Crippen LogP contribution is -2.40. The summed E-state index contributed by atoms with van der Waals surface area (Å²) in [7, 11) is 0. The maximum Gasteiger partial charge on any atom is 0.294 e. The van der Waals surface area contributed by atoms with Gasteiger partial charge in [0.05, 0.1) is 4.92 Å². The minimum Gasteiger partial charge on any atom is -0.334 e. The third kappa shape index (κ3) is 4.13. The van der Waals surface area contributed by atoms with E-state index in [-0.39, 0.29) is 23.1 Å². The monoisotopic (exact) mass is 452 g/mol. The van der Waals surface area contributed by atoms with Crippen molar-refractivity contribution in [3.8, 4) is 5.69 Å². The molecule has 9 heteroatoms. The van der Waals surface area contributed by atoms with Gasteiger partial charge in [0.15, 0.2) is 5.69 Å². The number of nitrogens with zero attached hydrogens (tertiary/aromatic N) is 4. The molecule has 0 radical (unpaired) electrons. The Kier molecular flexibility index (Phi) is 6.05. The standard InChI is InChI=1S/C23H21ClN4O4/c1-15-13-21(29)22(25-27(15)19-10-4-5-11-20(19)28(31)32)23(30)26-12-6-8-17(26)14-16-7-2-3-9-18(16)24/h2-5,7,9-11,13,17H,6,8,12,14H2,1H3. The van der Waals surface area contributed by atoms with Gasteiger partial charge in [-0.05, 0) is 43.9 Å². The molecule has 0 N–H and O–H groups in total. The summed E-state index contributed by atoms with van der Waals surface area (Å²) in [6.07, 6.45) is 2.18. The molecule has 1 aliphatic rings. The number of para-hydroxylation sites is 2. The van der Waals surface area contributed by atoms with E-state index >= 15 is 0 Å². The zero-order valence-corrected chi connectivity index (χ0v) is 18.2. The molecule has 1 aliphatic heterocycles. The van der Waals surface area contributed by atoms with Crippen molar-refractivity contribution in [2.24, 2.45) is 0 Å². The van der Waals surface area contributed by atoms with Crippen LogP contribution in [0, 0.1) is 17.0 Å². The maximum atomic E-state index is 13.4. The molecule has 2 heterocycles. The first-order valence-corrected chi connectivity index (χ1v) is 10.6. The molecule has 32 heavy (non-hydrogen) atoms. The van der Waals surface area contributed by atoms with Gasteiger partial charge in [0.2, 0.25) is 5.43 Å². The summed E-state index contributed by atoms with van der Waals surface area (Å²) in [6, 6.07) is 14.8. The number of aryl methyl sites for hydroxylation is 1. The van der Waals surface area contributed by atoms with Gasteiger partial charge in [-0.15, -0.1) is 0 Å². The highest BCUT2D eigenvalue weighted by Gasteiger charge is 2.32. The van der Waals surface area contributed by atoms with Crippen LogP contribution in [0.1, 0.15) is 34.6 Å². The Morgan fingerprint density at radius 2 is 1.94 bits per heavy atom. The van der Waals surface area contributed by atoms with E-state index in [1.54, 1.807) is 24.0 Å². The third-order valence-electron chi connectivity index (χ3n) is 5.67. The van der Waals surface area contributed by atoms with Crippen molar-refractivity contribution in [3.05, 3.63) is 96.9 Å². The summed E-state index contributed by atoms with van der Waals surface area (Å²) in [6.45, 7) is 2.13. The highest BCUT2D eigenvalue weighted by Crippen LogP contribution is 2.26. The number of carbonyl (C=O) groups excluding carboxylic acids is 1. The van der Waals surface area contributed by atoms with Gasteiger partial charge in [-0.25, -0.2) is 4.68 Å². The number of amides is 1. The van der Waals surface area contributed by atoms with Crippen molar-refractivity contribution in [2.75, 3.05) is 6.54 Å². The van der Waals surface area contributed by atoms with Gasteiger partial charge in [-0.1, -0.05) is 41.9 Å². The quantitative estimate of drug-likeness (QED) is 0.431. The first-order chi connectivity index (χ1) is 15.4. The molecule has 0 aliphatic carbocycles. The van der Waals surface area contributed by atoms with E-state index in [4.69, 9.17) is 11.6 Å². The average Bonchev–Trinajstić information content (AvgIpc) is 3.23. The van der Waals surface area contributed by atoms with Gasteiger partial charge in [-0.2, -0.15) is 5.10 Å². The summed E-state index contributed by atoms with van der Waals surface area (Å²) in [5.74, 6) is -0.475. The summed E-state index contributed by atoms with van der Waals surface area (Å²) >= 11 is 6.29. The molecular formula is C23H21ClN4O4. The van der Waals surface area contributed by atoms with Gasteiger partial charge >= 0.3 is 0 Å². The number of likely N-dealkylation sites (tertiary alicyclic amines) is 1. The molecule has 2 aromatic carbocycles. The molecule has 8 nitrogen and oxygen atoms in total. The van der Waals surface area contributed by atoms with Crippen LogP contribution < -0.4 is 5.43 Å². The first-order valence-electron chi connectivity index (χ1n) is 10.3. The van der Waals surface area contributed by atoms with Crippen molar-refractivity contribution < 1.29 is 9.72 Å². The third-order valence-corrected chi connectivity index (χ3v) is 6.04. The summed E-state index contributed by atoms with van der Waals surface area (Å²) in [5, 5.41) is 16.4. The lowest BCUT2D eigenvalue weighted by atomic mass is 10.0. The second-order valence-corrected chi connectivity index (χ2v) is 8.15. The van der Waals surface area contributed by atoms with Gasteiger partial charge in [0, 0.05) is 35.4 Å². The van der Waals surface area contributed by atoms with E-state index in [1.165, 1.54) is 22.9 Å².